The number of carbonyl (C=O) groups is 1. The van der Waals surface area contributed by atoms with Gasteiger partial charge >= 0.3 is 0 Å². The Labute approximate surface area is 148 Å². The first-order chi connectivity index (χ1) is 12.0. The second kappa shape index (κ2) is 8.97. The predicted molar refractivity (Wildman–Crippen MR) is 97.7 cm³/mol. The minimum absolute atomic E-state index is 0.0113. The lowest BCUT2D eigenvalue weighted by Gasteiger charge is -2.13. The summed E-state index contributed by atoms with van der Waals surface area (Å²) in [5.41, 5.74) is 2.26. The molecule has 5 heteroatoms. The molecule has 0 atom stereocenters. The highest BCUT2D eigenvalue weighted by Gasteiger charge is 2.11. The molecule has 0 unspecified atom stereocenters. The molecule has 134 valence electrons. The maximum absolute atomic E-state index is 12.2. The summed E-state index contributed by atoms with van der Waals surface area (Å²) in [6.45, 7) is 7.34. The quantitative estimate of drug-likeness (QED) is 0.770. The van der Waals surface area contributed by atoms with Crippen molar-refractivity contribution < 1.29 is 19.4 Å². The van der Waals surface area contributed by atoms with E-state index in [4.69, 9.17) is 9.47 Å². The highest BCUT2D eigenvalue weighted by molar-refractivity contribution is 5.96. The number of rotatable bonds is 8. The van der Waals surface area contributed by atoms with Gasteiger partial charge < -0.3 is 19.9 Å². The van der Waals surface area contributed by atoms with Gasteiger partial charge in [0, 0.05) is 6.54 Å². The summed E-state index contributed by atoms with van der Waals surface area (Å²) < 4.78 is 11.2. The molecule has 2 rings (SSSR count). The number of ether oxygens (including phenoxy) is 2. The normalized spacial score (nSPS) is 10.4. The maximum Gasteiger partial charge on any atom is 0.255 e. The Balaban J connectivity index is 1.98. The van der Waals surface area contributed by atoms with Gasteiger partial charge in [-0.3, -0.25) is 4.79 Å². The maximum atomic E-state index is 12.2. The van der Waals surface area contributed by atoms with E-state index in [-0.39, 0.29) is 11.7 Å². The van der Waals surface area contributed by atoms with Crippen LogP contribution in [-0.2, 0) is 6.42 Å². The third kappa shape index (κ3) is 5.14. The van der Waals surface area contributed by atoms with E-state index in [9.17, 15) is 9.90 Å². The van der Waals surface area contributed by atoms with Gasteiger partial charge in [-0.15, -0.1) is 0 Å². The average molecular weight is 343 g/mol. The molecular weight excluding hydrogens is 318 g/mol. The number of phenols is 1. The van der Waals surface area contributed by atoms with Crippen molar-refractivity contribution in [1.29, 1.82) is 0 Å². The van der Waals surface area contributed by atoms with Crippen LogP contribution in [0.3, 0.4) is 0 Å². The van der Waals surface area contributed by atoms with Crippen LogP contribution in [0.2, 0.25) is 0 Å². The smallest absolute Gasteiger partial charge is 0.255 e. The Morgan fingerprint density at radius 2 is 1.76 bits per heavy atom. The van der Waals surface area contributed by atoms with Crippen LogP contribution in [0, 0.1) is 6.92 Å². The van der Waals surface area contributed by atoms with Crippen LogP contribution < -0.4 is 14.8 Å². The summed E-state index contributed by atoms with van der Waals surface area (Å²) >= 11 is 0. The van der Waals surface area contributed by atoms with Gasteiger partial charge in [-0.25, -0.2) is 0 Å². The molecule has 0 heterocycles. The SMILES string of the molecule is CCOc1ccc(CCNC(=O)c2cc(C)ccc2O)cc1OCC. The van der Waals surface area contributed by atoms with E-state index in [0.29, 0.717) is 37.5 Å². The molecule has 0 saturated heterocycles. The molecule has 0 aliphatic heterocycles. The van der Waals surface area contributed by atoms with Crippen molar-refractivity contribution in [1.82, 2.24) is 5.32 Å². The fraction of sp³-hybridized carbons (Fsp3) is 0.350. The molecular formula is C20H25NO4. The number of benzene rings is 2. The van der Waals surface area contributed by atoms with E-state index in [1.54, 1.807) is 12.1 Å². The summed E-state index contributed by atoms with van der Waals surface area (Å²) in [5.74, 6) is 1.14. The molecule has 0 spiro atoms. The van der Waals surface area contributed by atoms with Gasteiger partial charge in [0.05, 0.1) is 18.8 Å². The van der Waals surface area contributed by atoms with Crippen molar-refractivity contribution in [3.8, 4) is 17.2 Å². The third-order valence-electron chi connectivity index (χ3n) is 3.70. The van der Waals surface area contributed by atoms with Crippen molar-refractivity contribution in [2.45, 2.75) is 27.2 Å². The lowest BCUT2D eigenvalue weighted by molar-refractivity contribution is 0.0951. The number of aromatic hydroxyl groups is 1. The minimum Gasteiger partial charge on any atom is -0.507 e. The van der Waals surface area contributed by atoms with Crippen LogP contribution in [0.15, 0.2) is 36.4 Å². The molecule has 0 aromatic heterocycles. The van der Waals surface area contributed by atoms with Crippen molar-refractivity contribution in [3.05, 3.63) is 53.1 Å². The fourth-order valence-electron chi connectivity index (χ4n) is 2.50. The largest absolute Gasteiger partial charge is 0.507 e. The predicted octanol–water partition coefficient (Wildman–Crippen LogP) is 3.47. The Morgan fingerprint density at radius 3 is 2.48 bits per heavy atom. The van der Waals surface area contributed by atoms with Crippen molar-refractivity contribution in [2.24, 2.45) is 0 Å². The number of carbonyl (C=O) groups excluding carboxylic acids is 1. The molecule has 0 saturated carbocycles. The van der Waals surface area contributed by atoms with Crippen LogP contribution in [-0.4, -0.2) is 30.8 Å². The molecule has 0 bridgehead atoms. The zero-order valence-corrected chi connectivity index (χ0v) is 15.0. The van der Waals surface area contributed by atoms with E-state index in [1.807, 2.05) is 39.0 Å². The third-order valence-corrected chi connectivity index (χ3v) is 3.70. The highest BCUT2D eigenvalue weighted by Crippen LogP contribution is 2.28. The van der Waals surface area contributed by atoms with Crippen LogP contribution in [0.1, 0.15) is 35.3 Å². The average Bonchev–Trinajstić information content (AvgIpc) is 2.59. The first-order valence-electron chi connectivity index (χ1n) is 8.51. The molecule has 5 nitrogen and oxygen atoms in total. The van der Waals surface area contributed by atoms with Gasteiger partial charge in [0.2, 0.25) is 0 Å². The van der Waals surface area contributed by atoms with E-state index in [1.165, 1.54) is 6.07 Å². The fourth-order valence-corrected chi connectivity index (χ4v) is 2.50. The molecule has 25 heavy (non-hydrogen) atoms. The van der Waals surface area contributed by atoms with Crippen LogP contribution in [0.5, 0.6) is 17.2 Å². The Bertz CT molecular complexity index is 728. The summed E-state index contributed by atoms with van der Waals surface area (Å²) in [6, 6.07) is 10.8. The number of amides is 1. The van der Waals surface area contributed by atoms with Gasteiger partial charge in [-0.1, -0.05) is 17.7 Å². The zero-order chi connectivity index (χ0) is 18.2. The molecule has 0 fully saturated rings. The first-order valence-corrected chi connectivity index (χ1v) is 8.51. The van der Waals surface area contributed by atoms with Gasteiger partial charge in [-0.2, -0.15) is 0 Å². The highest BCUT2D eigenvalue weighted by atomic mass is 16.5. The number of phenolic OH excluding ortho intramolecular Hbond substituents is 1. The monoisotopic (exact) mass is 343 g/mol. The van der Waals surface area contributed by atoms with E-state index < -0.39 is 0 Å². The number of hydrogen-bond acceptors (Lipinski definition) is 4. The minimum atomic E-state index is -0.280. The molecule has 2 N–H and O–H groups in total. The van der Waals surface area contributed by atoms with Gasteiger partial charge in [0.1, 0.15) is 5.75 Å². The Morgan fingerprint density at radius 1 is 1.04 bits per heavy atom. The van der Waals surface area contributed by atoms with Crippen molar-refractivity contribution in [3.63, 3.8) is 0 Å². The van der Waals surface area contributed by atoms with E-state index in [2.05, 4.69) is 5.32 Å². The Hall–Kier alpha value is -2.69. The van der Waals surface area contributed by atoms with Crippen LogP contribution in [0.4, 0.5) is 0 Å². The second-order valence-electron chi connectivity index (χ2n) is 5.67. The standard InChI is InChI=1S/C20H25NO4/c1-4-24-18-9-7-15(13-19(18)25-5-2)10-11-21-20(23)16-12-14(3)6-8-17(16)22/h6-9,12-13,22H,4-5,10-11H2,1-3H3,(H,21,23). The number of aryl methyl sites for hydroxylation is 1. The molecule has 0 aliphatic rings. The van der Waals surface area contributed by atoms with Crippen LogP contribution in [0.25, 0.3) is 0 Å². The van der Waals surface area contributed by atoms with Gasteiger partial charge in [-0.05, 0) is 57.0 Å². The van der Waals surface area contributed by atoms with E-state index >= 15 is 0 Å². The lowest BCUT2D eigenvalue weighted by Crippen LogP contribution is -2.25. The van der Waals surface area contributed by atoms with Crippen LogP contribution >= 0.6 is 0 Å². The van der Waals surface area contributed by atoms with Gasteiger partial charge in [0.25, 0.3) is 5.91 Å². The van der Waals surface area contributed by atoms with E-state index in [0.717, 1.165) is 16.9 Å². The zero-order valence-electron chi connectivity index (χ0n) is 15.0. The summed E-state index contributed by atoms with van der Waals surface area (Å²) in [6.07, 6.45) is 0.658. The summed E-state index contributed by atoms with van der Waals surface area (Å²) in [4.78, 5) is 12.2. The van der Waals surface area contributed by atoms with Crippen molar-refractivity contribution in [2.75, 3.05) is 19.8 Å². The molecule has 1 amide bonds. The lowest BCUT2D eigenvalue weighted by atomic mass is 10.1. The Kier molecular flexibility index (Phi) is 6.69. The molecule has 2 aromatic carbocycles. The van der Waals surface area contributed by atoms with Crippen molar-refractivity contribution >= 4 is 5.91 Å². The van der Waals surface area contributed by atoms with Gasteiger partial charge in [0.15, 0.2) is 11.5 Å². The molecule has 0 radical (unpaired) electrons. The molecule has 0 aliphatic carbocycles. The second-order valence-corrected chi connectivity index (χ2v) is 5.67. The summed E-state index contributed by atoms with van der Waals surface area (Å²) in [7, 11) is 0. The summed E-state index contributed by atoms with van der Waals surface area (Å²) in [5, 5.41) is 12.6. The first kappa shape index (κ1) is 18.6. The number of nitrogens with one attached hydrogen (secondary N) is 1. The topological polar surface area (TPSA) is 67.8 Å². The molecule has 2 aromatic rings. The number of hydrogen-bond donors (Lipinski definition) is 2.